The van der Waals surface area contributed by atoms with Crippen LogP contribution >= 0.6 is 0 Å². The van der Waals surface area contributed by atoms with E-state index in [1.165, 1.54) is 0 Å². The van der Waals surface area contributed by atoms with E-state index in [2.05, 4.69) is 10.3 Å². The summed E-state index contributed by atoms with van der Waals surface area (Å²) in [4.78, 5) is 4.05. The van der Waals surface area contributed by atoms with Crippen molar-refractivity contribution in [1.29, 1.82) is 0 Å². The number of hydrogen-bond donors (Lipinski definition) is 2. The Balaban J connectivity index is 2.83. The fourth-order valence-electron chi connectivity index (χ4n) is 0.800. The van der Waals surface area contributed by atoms with Gasteiger partial charge in [0.05, 0.1) is 6.10 Å². The Hall–Kier alpha value is -1.09. The molecular formula is C8H12N2O. The van der Waals surface area contributed by atoms with E-state index in [0.29, 0.717) is 0 Å². The fraction of sp³-hybridized carbons (Fsp3) is 0.375. The highest BCUT2D eigenvalue weighted by atomic mass is 16.3. The third-order valence-corrected chi connectivity index (χ3v) is 1.52. The van der Waals surface area contributed by atoms with Crippen molar-refractivity contribution in [2.75, 3.05) is 12.4 Å². The van der Waals surface area contributed by atoms with Crippen molar-refractivity contribution < 1.29 is 5.11 Å². The molecule has 0 unspecified atom stereocenters. The molecule has 0 aliphatic carbocycles. The van der Waals surface area contributed by atoms with E-state index >= 15 is 0 Å². The van der Waals surface area contributed by atoms with Gasteiger partial charge in [-0.1, -0.05) is 6.07 Å². The van der Waals surface area contributed by atoms with Crippen LogP contribution in [0.1, 0.15) is 18.6 Å². The Morgan fingerprint density at radius 1 is 1.55 bits per heavy atom. The van der Waals surface area contributed by atoms with Crippen molar-refractivity contribution in [3.05, 3.63) is 23.9 Å². The minimum Gasteiger partial charge on any atom is -0.389 e. The molecule has 0 spiro atoms. The second-order valence-corrected chi connectivity index (χ2v) is 2.40. The van der Waals surface area contributed by atoms with E-state index < -0.39 is 6.10 Å². The highest BCUT2D eigenvalue weighted by molar-refractivity contribution is 5.34. The van der Waals surface area contributed by atoms with Crippen LogP contribution in [0.4, 0.5) is 5.82 Å². The summed E-state index contributed by atoms with van der Waals surface area (Å²) in [5.74, 6) is 0.814. The zero-order valence-corrected chi connectivity index (χ0v) is 6.70. The number of pyridine rings is 1. The van der Waals surface area contributed by atoms with Crippen LogP contribution in [0.2, 0.25) is 0 Å². The standard InChI is InChI=1S/C8H12N2O/c1-6(11)7-3-4-8(9-2)10-5-7/h3-6,11H,1-2H3,(H,9,10)/t6-/m1/s1. The Kier molecular flexibility index (Phi) is 2.44. The summed E-state index contributed by atoms with van der Waals surface area (Å²) >= 11 is 0. The molecule has 0 aromatic carbocycles. The van der Waals surface area contributed by atoms with Gasteiger partial charge in [-0.3, -0.25) is 0 Å². The molecule has 0 amide bonds. The van der Waals surface area contributed by atoms with Crippen LogP contribution in [-0.4, -0.2) is 17.1 Å². The Morgan fingerprint density at radius 2 is 2.27 bits per heavy atom. The maximum absolute atomic E-state index is 9.13. The van der Waals surface area contributed by atoms with Gasteiger partial charge in [-0.05, 0) is 18.6 Å². The van der Waals surface area contributed by atoms with Crippen LogP contribution in [0, 0.1) is 0 Å². The molecule has 1 atom stereocenters. The van der Waals surface area contributed by atoms with Crippen molar-refractivity contribution in [3.8, 4) is 0 Å². The summed E-state index contributed by atoms with van der Waals surface area (Å²) in [6, 6.07) is 3.69. The largest absolute Gasteiger partial charge is 0.389 e. The second-order valence-electron chi connectivity index (χ2n) is 2.40. The van der Waals surface area contributed by atoms with E-state index in [-0.39, 0.29) is 0 Å². The first-order valence-electron chi connectivity index (χ1n) is 3.56. The maximum atomic E-state index is 9.13. The van der Waals surface area contributed by atoms with Gasteiger partial charge in [0.2, 0.25) is 0 Å². The van der Waals surface area contributed by atoms with Gasteiger partial charge in [-0.25, -0.2) is 4.98 Å². The van der Waals surface area contributed by atoms with Crippen molar-refractivity contribution in [2.24, 2.45) is 0 Å². The zero-order valence-electron chi connectivity index (χ0n) is 6.70. The van der Waals surface area contributed by atoms with E-state index in [0.717, 1.165) is 11.4 Å². The monoisotopic (exact) mass is 152 g/mol. The molecule has 0 bridgehead atoms. The van der Waals surface area contributed by atoms with Crippen LogP contribution in [-0.2, 0) is 0 Å². The molecule has 11 heavy (non-hydrogen) atoms. The summed E-state index contributed by atoms with van der Waals surface area (Å²) in [6.45, 7) is 1.72. The second kappa shape index (κ2) is 3.34. The molecule has 0 fully saturated rings. The summed E-state index contributed by atoms with van der Waals surface area (Å²) in [7, 11) is 1.81. The average Bonchev–Trinajstić information content (AvgIpc) is 2.05. The van der Waals surface area contributed by atoms with Crippen molar-refractivity contribution >= 4 is 5.82 Å². The van der Waals surface area contributed by atoms with Crippen molar-refractivity contribution in [3.63, 3.8) is 0 Å². The molecule has 0 saturated carbocycles. The average molecular weight is 152 g/mol. The number of hydrogen-bond acceptors (Lipinski definition) is 3. The fourth-order valence-corrected chi connectivity index (χ4v) is 0.800. The van der Waals surface area contributed by atoms with E-state index in [9.17, 15) is 0 Å². The number of aliphatic hydroxyl groups excluding tert-OH is 1. The molecule has 0 aliphatic heterocycles. The SMILES string of the molecule is CNc1ccc([C@@H](C)O)cn1. The smallest absolute Gasteiger partial charge is 0.125 e. The minimum atomic E-state index is -0.437. The Morgan fingerprint density at radius 3 is 2.64 bits per heavy atom. The van der Waals surface area contributed by atoms with Crippen LogP contribution in [0.25, 0.3) is 0 Å². The van der Waals surface area contributed by atoms with Gasteiger partial charge in [0, 0.05) is 13.2 Å². The highest BCUT2D eigenvalue weighted by Crippen LogP contribution is 2.11. The van der Waals surface area contributed by atoms with Gasteiger partial charge in [0.1, 0.15) is 5.82 Å². The molecule has 3 nitrogen and oxygen atoms in total. The molecular weight excluding hydrogens is 140 g/mol. The predicted molar refractivity (Wildman–Crippen MR) is 44.4 cm³/mol. The summed E-state index contributed by atoms with van der Waals surface area (Å²) in [5.41, 5.74) is 0.837. The maximum Gasteiger partial charge on any atom is 0.125 e. The van der Waals surface area contributed by atoms with E-state index in [1.54, 1.807) is 13.1 Å². The lowest BCUT2D eigenvalue weighted by Crippen LogP contribution is -1.95. The number of aliphatic hydroxyl groups is 1. The van der Waals surface area contributed by atoms with Crippen LogP contribution in [0.15, 0.2) is 18.3 Å². The predicted octanol–water partition coefficient (Wildman–Crippen LogP) is 1.18. The Labute approximate surface area is 66.1 Å². The van der Waals surface area contributed by atoms with Crippen LogP contribution in [0.3, 0.4) is 0 Å². The molecule has 1 aromatic heterocycles. The molecule has 60 valence electrons. The summed E-state index contributed by atoms with van der Waals surface area (Å²) in [6.07, 6.45) is 1.23. The number of rotatable bonds is 2. The molecule has 2 N–H and O–H groups in total. The third-order valence-electron chi connectivity index (χ3n) is 1.52. The van der Waals surface area contributed by atoms with Gasteiger partial charge < -0.3 is 10.4 Å². The lowest BCUT2D eigenvalue weighted by Gasteiger charge is -2.04. The van der Waals surface area contributed by atoms with Gasteiger partial charge >= 0.3 is 0 Å². The van der Waals surface area contributed by atoms with Gasteiger partial charge in [0.25, 0.3) is 0 Å². The summed E-state index contributed by atoms with van der Waals surface area (Å²) in [5, 5.41) is 12.0. The summed E-state index contributed by atoms with van der Waals surface area (Å²) < 4.78 is 0. The number of anilines is 1. The van der Waals surface area contributed by atoms with E-state index in [4.69, 9.17) is 5.11 Å². The van der Waals surface area contributed by atoms with Gasteiger partial charge in [-0.15, -0.1) is 0 Å². The number of aromatic nitrogens is 1. The third kappa shape index (κ3) is 1.91. The molecule has 0 aliphatic rings. The highest BCUT2D eigenvalue weighted by Gasteiger charge is 1.99. The van der Waals surface area contributed by atoms with Crippen LogP contribution < -0.4 is 5.32 Å². The number of nitrogens with one attached hydrogen (secondary N) is 1. The quantitative estimate of drug-likeness (QED) is 0.668. The topological polar surface area (TPSA) is 45.1 Å². The normalized spacial score (nSPS) is 12.6. The zero-order chi connectivity index (χ0) is 8.27. The first-order chi connectivity index (χ1) is 5.24. The Bertz CT molecular complexity index is 218. The number of nitrogens with zero attached hydrogens (tertiary/aromatic N) is 1. The lowest BCUT2D eigenvalue weighted by molar-refractivity contribution is 0.199. The molecule has 1 rings (SSSR count). The van der Waals surface area contributed by atoms with E-state index in [1.807, 2.05) is 19.2 Å². The molecule has 3 heteroatoms. The first-order valence-corrected chi connectivity index (χ1v) is 3.56. The van der Waals surface area contributed by atoms with Crippen molar-refractivity contribution in [2.45, 2.75) is 13.0 Å². The molecule has 0 saturated heterocycles. The van der Waals surface area contributed by atoms with Gasteiger partial charge in [-0.2, -0.15) is 0 Å². The van der Waals surface area contributed by atoms with Crippen molar-refractivity contribution in [1.82, 2.24) is 4.98 Å². The molecule has 1 heterocycles. The van der Waals surface area contributed by atoms with Gasteiger partial charge in [0.15, 0.2) is 0 Å². The van der Waals surface area contributed by atoms with Crippen LogP contribution in [0.5, 0.6) is 0 Å². The molecule has 1 aromatic rings. The minimum absolute atomic E-state index is 0.437. The molecule has 0 radical (unpaired) electrons. The lowest BCUT2D eigenvalue weighted by atomic mass is 10.2. The first kappa shape index (κ1) is 8.01.